The summed E-state index contributed by atoms with van der Waals surface area (Å²) in [5, 5.41) is 4.34. The van der Waals surface area contributed by atoms with Crippen LogP contribution in [0.2, 0.25) is 0 Å². The molecule has 0 saturated heterocycles. The van der Waals surface area contributed by atoms with Crippen LogP contribution in [0.5, 0.6) is 0 Å². The third-order valence-electron chi connectivity index (χ3n) is 3.45. The van der Waals surface area contributed by atoms with Gasteiger partial charge in [0.25, 0.3) is 0 Å². The standard InChI is InChI=1S/C13H22N2O2/c1-6-10-8-11(15(4)14-10)9-12(16)13(3,7-2)17-5/h8H,6-7,9H2,1-5H3. The van der Waals surface area contributed by atoms with Crippen LogP contribution in [0.4, 0.5) is 0 Å². The van der Waals surface area contributed by atoms with E-state index < -0.39 is 5.60 Å². The van der Waals surface area contributed by atoms with Gasteiger partial charge in [0.2, 0.25) is 0 Å². The number of ether oxygens (including phenoxy) is 1. The van der Waals surface area contributed by atoms with Crippen LogP contribution in [-0.2, 0) is 29.4 Å². The predicted molar refractivity (Wildman–Crippen MR) is 67.0 cm³/mol. The smallest absolute Gasteiger partial charge is 0.170 e. The Labute approximate surface area is 103 Å². The van der Waals surface area contributed by atoms with Gasteiger partial charge in [-0.1, -0.05) is 13.8 Å². The fraction of sp³-hybridized carbons (Fsp3) is 0.692. The van der Waals surface area contributed by atoms with Gasteiger partial charge in [0.05, 0.1) is 12.1 Å². The van der Waals surface area contributed by atoms with Gasteiger partial charge < -0.3 is 4.74 Å². The lowest BCUT2D eigenvalue weighted by atomic mass is 9.94. The molecule has 4 nitrogen and oxygen atoms in total. The molecule has 0 radical (unpaired) electrons. The molecule has 0 aromatic carbocycles. The molecule has 1 aromatic heterocycles. The van der Waals surface area contributed by atoms with Crippen molar-refractivity contribution in [2.24, 2.45) is 7.05 Å². The number of hydrogen-bond acceptors (Lipinski definition) is 3. The monoisotopic (exact) mass is 238 g/mol. The van der Waals surface area contributed by atoms with Crippen molar-refractivity contribution in [1.82, 2.24) is 9.78 Å². The molecule has 1 rings (SSSR count). The maximum absolute atomic E-state index is 12.2. The van der Waals surface area contributed by atoms with E-state index >= 15 is 0 Å². The van der Waals surface area contributed by atoms with Crippen molar-refractivity contribution >= 4 is 5.78 Å². The van der Waals surface area contributed by atoms with E-state index in [1.807, 2.05) is 27.0 Å². The summed E-state index contributed by atoms with van der Waals surface area (Å²) in [7, 11) is 3.46. The molecule has 96 valence electrons. The van der Waals surface area contributed by atoms with Crippen LogP contribution in [0, 0.1) is 0 Å². The van der Waals surface area contributed by atoms with Gasteiger partial charge in [-0.3, -0.25) is 9.48 Å². The van der Waals surface area contributed by atoms with Crippen molar-refractivity contribution in [1.29, 1.82) is 0 Å². The average molecular weight is 238 g/mol. The molecule has 0 aliphatic carbocycles. The molecule has 0 aliphatic heterocycles. The molecule has 0 saturated carbocycles. The Balaban J connectivity index is 2.83. The number of Topliss-reactive ketones (excluding diaryl/α,β-unsaturated/α-hetero) is 1. The fourth-order valence-corrected chi connectivity index (χ4v) is 1.72. The molecule has 0 amide bonds. The van der Waals surface area contributed by atoms with Crippen molar-refractivity contribution in [3.8, 4) is 0 Å². The number of rotatable bonds is 6. The molecular formula is C13H22N2O2. The lowest BCUT2D eigenvalue weighted by Crippen LogP contribution is -2.38. The van der Waals surface area contributed by atoms with Crippen LogP contribution in [0.1, 0.15) is 38.6 Å². The highest BCUT2D eigenvalue weighted by atomic mass is 16.5. The van der Waals surface area contributed by atoms with E-state index in [1.165, 1.54) is 0 Å². The van der Waals surface area contributed by atoms with Crippen LogP contribution in [0.25, 0.3) is 0 Å². The van der Waals surface area contributed by atoms with Crippen LogP contribution >= 0.6 is 0 Å². The Bertz CT molecular complexity index is 392. The predicted octanol–water partition coefficient (Wildman–Crippen LogP) is 1.91. The molecule has 0 bridgehead atoms. The van der Waals surface area contributed by atoms with E-state index in [2.05, 4.69) is 12.0 Å². The molecule has 0 aliphatic rings. The van der Waals surface area contributed by atoms with Gasteiger partial charge in [0.1, 0.15) is 5.60 Å². The highest BCUT2D eigenvalue weighted by Crippen LogP contribution is 2.18. The Hall–Kier alpha value is -1.16. The lowest BCUT2D eigenvalue weighted by Gasteiger charge is -2.24. The van der Waals surface area contributed by atoms with Crippen molar-refractivity contribution in [2.75, 3.05) is 7.11 Å². The zero-order valence-corrected chi connectivity index (χ0v) is 11.4. The third-order valence-corrected chi connectivity index (χ3v) is 3.45. The molecule has 0 spiro atoms. The van der Waals surface area contributed by atoms with Crippen LogP contribution in [0.3, 0.4) is 0 Å². The fourth-order valence-electron chi connectivity index (χ4n) is 1.72. The number of hydrogen-bond donors (Lipinski definition) is 0. The normalized spacial score (nSPS) is 14.6. The number of nitrogens with zero attached hydrogens (tertiary/aromatic N) is 2. The van der Waals surface area contributed by atoms with Gasteiger partial charge in [-0.15, -0.1) is 0 Å². The van der Waals surface area contributed by atoms with E-state index in [9.17, 15) is 4.79 Å². The highest BCUT2D eigenvalue weighted by Gasteiger charge is 2.31. The number of methoxy groups -OCH3 is 1. The zero-order valence-electron chi connectivity index (χ0n) is 11.4. The third kappa shape index (κ3) is 2.94. The summed E-state index contributed by atoms with van der Waals surface area (Å²) in [6.45, 7) is 5.85. The molecule has 17 heavy (non-hydrogen) atoms. The first-order valence-electron chi connectivity index (χ1n) is 6.07. The minimum atomic E-state index is -0.684. The summed E-state index contributed by atoms with van der Waals surface area (Å²) < 4.78 is 7.09. The SMILES string of the molecule is CCc1cc(CC(=O)C(C)(CC)OC)n(C)n1. The van der Waals surface area contributed by atoms with Crippen LogP contribution in [0.15, 0.2) is 6.07 Å². The first-order valence-corrected chi connectivity index (χ1v) is 6.07. The van der Waals surface area contributed by atoms with Gasteiger partial charge in [-0.25, -0.2) is 0 Å². The summed E-state index contributed by atoms with van der Waals surface area (Å²) in [5.41, 5.74) is 1.28. The summed E-state index contributed by atoms with van der Waals surface area (Å²) in [6, 6.07) is 1.99. The molecule has 1 atom stereocenters. The van der Waals surface area contributed by atoms with Gasteiger partial charge in [-0.05, 0) is 25.8 Å². The minimum Gasteiger partial charge on any atom is -0.371 e. The van der Waals surface area contributed by atoms with Gasteiger partial charge in [0, 0.05) is 19.9 Å². The van der Waals surface area contributed by atoms with Crippen LogP contribution in [-0.4, -0.2) is 28.3 Å². The Kier molecular flexibility index (Phi) is 4.46. The number of aryl methyl sites for hydroxylation is 2. The number of carbonyl (C=O) groups is 1. The topological polar surface area (TPSA) is 44.1 Å². The minimum absolute atomic E-state index is 0.105. The summed E-state index contributed by atoms with van der Waals surface area (Å²) >= 11 is 0. The van der Waals surface area contributed by atoms with E-state index in [1.54, 1.807) is 11.8 Å². The molecule has 4 heteroatoms. The molecule has 1 aromatic rings. The Morgan fingerprint density at radius 1 is 1.53 bits per heavy atom. The number of aromatic nitrogens is 2. The summed E-state index contributed by atoms with van der Waals surface area (Å²) in [4.78, 5) is 12.2. The van der Waals surface area contributed by atoms with E-state index in [-0.39, 0.29) is 5.78 Å². The second-order valence-corrected chi connectivity index (χ2v) is 4.49. The molecule has 0 N–H and O–H groups in total. The quantitative estimate of drug-likeness (QED) is 0.760. The highest BCUT2D eigenvalue weighted by molar-refractivity contribution is 5.88. The lowest BCUT2D eigenvalue weighted by molar-refractivity contribution is -0.138. The first kappa shape index (κ1) is 13.9. The maximum Gasteiger partial charge on any atom is 0.170 e. The van der Waals surface area contributed by atoms with Crippen molar-refractivity contribution in [3.05, 3.63) is 17.5 Å². The number of ketones is 1. The van der Waals surface area contributed by atoms with E-state index in [0.717, 1.165) is 17.8 Å². The summed E-state index contributed by atoms with van der Waals surface area (Å²) in [6.07, 6.45) is 1.94. The molecule has 1 heterocycles. The van der Waals surface area contributed by atoms with Crippen molar-refractivity contribution < 1.29 is 9.53 Å². The first-order chi connectivity index (χ1) is 7.96. The summed E-state index contributed by atoms with van der Waals surface area (Å²) in [5.74, 6) is 0.105. The zero-order chi connectivity index (χ0) is 13.1. The molecule has 0 fully saturated rings. The average Bonchev–Trinajstić information content (AvgIpc) is 2.69. The Morgan fingerprint density at radius 3 is 2.59 bits per heavy atom. The van der Waals surface area contributed by atoms with Crippen molar-refractivity contribution in [2.45, 2.75) is 45.6 Å². The van der Waals surface area contributed by atoms with E-state index in [4.69, 9.17) is 4.74 Å². The van der Waals surface area contributed by atoms with E-state index in [0.29, 0.717) is 12.8 Å². The van der Waals surface area contributed by atoms with Gasteiger partial charge in [0.15, 0.2) is 5.78 Å². The molecular weight excluding hydrogens is 216 g/mol. The maximum atomic E-state index is 12.2. The Morgan fingerprint density at radius 2 is 2.18 bits per heavy atom. The largest absolute Gasteiger partial charge is 0.371 e. The number of carbonyl (C=O) groups excluding carboxylic acids is 1. The second kappa shape index (κ2) is 5.45. The molecule has 1 unspecified atom stereocenters. The second-order valence-electron chi connectivity index (χ2n) is 4.49. The van der Waals surface area contributed by atoms with Gasteiger partial charge in [-0.2, -0.15) is 5.10 Å². The van der Waals surface area contributed by atoms with Crippen molar-refractivity contribution in [3.63, 3.8) is 0 Å². The van der Waals surface area contributed by atoms with Crippen LogP contribution < -0.4 is 0 Å². The van der Waals surface area contributed by atoms with Gasteiger partial charge >= 0.3 is 0 Å².